The molecule has 0 atom stereocenters. The van der Waals surface area contributed by atoms with E-state index in [9.17, 15) is 9.59 Å². The van der Waals surface area contributed by atoms with Crippen molar-refractivity contribution in [2.24, 2.45) is 0 Å². The van der Waals surface area contributed by atoms with E-state index in [0.29, 0.717) is 23.5 Å². The van der Waals surface area contributed by atoms with Gasteiger partial charge in [0.05, 0.1) is 23.9 Å². The highest BCUT2D eigenvalue weighted by Gasteiger charge is 2.14. The van der Waals surface area contributed by atoms with Crippen molar-refractivity contribution >= 4 is 28.6 Å². The van der Waals surface area contributed by atoms with Crippen LogP contribution in [0.3, 0.4) is 0 Å². The van der Waals surface area contributed by atoms with Gasteiger partial charge in [-0.1, -0.05) is 30.3 Å². The SMILES string of the molecule is COC(=O)Nc1ccc(CNC(=O)c2cc(-c3cccnc3)nc3ccccc23)cc1. The van der Waals surface area contributed by atoms with Crippen LogP contribution >= 0.6 is 0 Å². The maximum Gasteiger partial charge on any atom is 0.411 e. The van der Waals surface area contributed by atoms with Gasteiger partial charge in [0, 0.05) is 35.6 Å². The van der Waals surface area contributed by atoms with E-state index in [2.05, 4.69) is 25.3 Å². The van der Waals surface area contributed by atoms with Crippen molar-refractivity contribution in [1.29, 1.82) is 0 Å². The molecule has 4 aromatic rings. The molecule has 0 saturated heterocycles. The molecule has 0 bridgehead atoms. The molecule has 7 nitrogen and oxygen atoms in total. The van der Waals surface area contributed by atoms with Gasteiger partial charge in [-0.05, 0) is 42.0 Å². The lowest BCUT2D eigenvalue weighted by Crippen LogP contribution is -2.23. The number of anilines is 1. The van der Waals surface area contributed by atoms with Gasteiger partial charge in [-0.15, -0.1) is 0 Å². The van der Waals surface area contributed by atoms with Gasteiger partial charge in [-0.25, -0.2) is 9.78 Å². The second-order valence-electron chi connectivity index (χ2n) is 6.81. The zero-order valence-electron chi connectivity index (χ0n) is 16.8. The first-order chi connectivity index (χ1) is 15.1. The maximum absolute atomic E-state index is 13.0. The Morgan fingerprint density at radius 1 is 1.00 bits per heavy atom. The molecule has 2 amide bonds. The molecule has 31 heavy (non-hydrogen) atoms. The summed E-state index contributed by atoms with van der Waals surface area (Å²) in [5, 5.41) is 6.34. The van der Waals surface area contributed by atoms with Crippen molar-refractivity contribution in [3.63, 3.8) is 0 Å². The quantitative estimate of drug-likeness (QED) is 0.507. The van der Waals surface area contributed by atoms with Crippen molar-refractivity contribution in [1.82, 2.24) is 15.3 Å². The van der Waals surface area contributed by atoms with Gasteiger partial charge >= 0.3 is 6.09 Å². The van der Waals surface area contributed by atoms with Crippen molar-refractivity contribution in [2.75, 3.05) is 12.4 Å². The van der Waals surface area contributed by atoms with Crippen LogP contribution in [-0.2, 0) is 11.3 Å². The number of carbonyl (C=O) groups is 2. The van der Waals surface area contributed by atoms with Crippen molar-refractivity contribution in [3.8, 4) is 11.3 Å². The fourth-order valence-electron chi connectivity index (χ4n) is 3.18. The lowest BCUT2D eigenvalue weighted by molar-refractivity contribution is 0.0952. The maximum atomic E-state index is 13.0. The zero-order chi connectivity index (χ0) is 21.6. The number of hydrogen-bond donors (Lipinski definition) is 2. The van der Waals surface area contributed by atoms with E-state index < -0.39 is 6.09 Å². The Labute approximate surface area is 179 Å². The molecule has 0 spiro atoms. The van der Waals surface area contributed by atoms with Gasteiger partial charge in [-0.3, -0.25) is 15.1 Å². The van der Waals surface area contributed by atoms with Crippen molar-refractivity contribution in [3.05, 3.63) is 90.3 Å². The summed E-state index contributed by atoms with van der Waals surface area (Å²) in [4.78, 5) is 33.1. The summed E-state index contributed by atoms with van der Waals surface area (Å²) >= 11 is 0. The molecule has 0 saturated carbocycles. The highest BCUT2D eigenvalue weighted by atomic mass is 16.5. The monoisotopic (exact) mass is 412 g/mol. The highest BCUT2D eigenvalue weighted by molar-refractivity contribution is 6.07. The molecule has 7 heteroatoms. The van der Waals surface area contributed by atoms with Gasteiger partial charge in [-0.2, -0.15) is 0 Å². The lowest BCUT2D eigenvalue weighted by Gasteiger charge is -2.11. The van der Waals surface area contributed by atoms with Crippen LogP contribution < -0.4 is 10.6 Å². The molecule has 4 rings (SSSR count). The van der Waals surface area contributed by atoms with E-state index in [1.54, 1.807) is 30.6 Å². The summed E-state index contributed by atoms with van der Waals surface area (Å²) in [5.74, 6) is -0.194. The van der Waals surface area contributed by atoms with Crippen LogP contribution in [0.15, 0.2) is 79.1 Å². The molecule has 2 aromatic heterocycles. The molecule has 2 heterocycles. The zero-order valence-corrected chi connectivity index (χ0v) is 16.8. The van der Waals surface area contributed by atoms with Crippen LogP contribution in [0.2, 0.25) is 0 Å². The molecule has 2 aromatic carbocycles. The van der Waals surface area contributed by atoms with Crippen LogP contribution in [0.25, 0.3) is 22.2 Å². The predicted octanol–water partition coefficient (Wildman–Crippen LogP) is 4.41. The smallest absolute Gasteiger partial charge is 0.411 e. The molecule has 0 aliphatic carbocycles. The average molecular weight is 412 g/mol. The third-order valence-electron chi connectivity index (χ3n) is 4.76. The molecule has 0 aliphatic heterocycles. The standard InChI is InChI=1S/C24H20N4O3/c1-31-24(30)27-18-10-8-16(9-11-18)14-26-23(29)20-13-22(17-5-4-12-25-15-17)28-21-7-3-2-6-19(20)21/h2-13,15H,14H2,1H3,(H,26,29)(H,27,30). The Morgan fingerprint density at radius 3 is 2.55 bits per heavy atom. The number of amides is 2. The first-order valence-corrected chi connectivity index (χ1v) is 9.66. The van der Waals surface area contributed by atoms with Crippen molar-refractivity contribution in [2.45, 2.75) is 6.54 Å². The number of aromatic nitrogens is 2. The van der Waals surface area contributed by atoms with E-state index in [4.69, 9.17) is 0 Å². The summed E-state index contributed by atoms with van der Waals surface area (Å²) in [5.41, 5.74) is 4.34. The molecule has 154 valence electrons. The Balaban J connectivity index is 1.55. The van der Waals surface area contributed by atoms with Crippen LogP contribution in [-0.4, -0.2) is 29.1 Å². The number of pyridine rings is 2. The lowest BCUT2D eigenvalue weighted by atomic mass is 10.0. The number of nitrogens with one attached hydrogen (secondary N) is 2. The molecule has 2 N–H and O–H groups in total. The summed E-state index contributed by atoms with van der Waals surface area (Å²) in [7, 11) is 1.31. The normalized spacial score (nSPS) is 10.5. The largest absolute Gasteiger partial charge is 0.453 e. The van der Waals surface area contributed by atoms with Gasteiger partial charge in [0.2, 0.25) is 0 Å². The Kier molecular flexibility index (Phi) is 5.84. The van der Waals surface area contributed by atoms with Crippen LogP contribution in [0.5, 0.6) is 0 Å². The summed E-state index contributed by atoms with van der Waals surface area (Å²) in [6, 6.07) is 20.3. The third-order valence-corrected chi connectivity index (χ3v) is 4.76. The molecule has 0 radical (unpaired) electrons. The van der Waals surface area contributed by atoms with Crippen LogP contribution in [0.1, 0.15) is 15.9 Å². The predicted molar refractivity (Wildman–Crippen MR) is 119 cm³/mol. The van der Waals surface area contributed by atoms with E-state index in [0.717, 1.165) is 22.0 Å². The highest BCUT2D eigenvalue weighted by Crippen LogP contribution is 2.24. The van der Waals surface area contributed by atoms with Gasteiger partial charge < -0.3 is 10.1 Å². The first kappa shape index (κ1) is 20.0. The topological polar surface area (TPSA) is 93.2 Å². The van der Waals surface area contributed by atoms with E-state index in [1.807, 2.05) is 48.5 Å². The molecular weight excluding hydrogens is 392 g/mol. The fourth-order valence-corrected chi connectivity index (χ4v) is 3.18. The average Bonchev–Trinajstić information content (AvgIpc) is 2.83. The second kappa shape index (κ2) is 9.04. The number of fused-ring (bicyclic) bond motifs is 1. The number of hydrogen-bond acceptors (Lipinski definition) is 5. The molecule has 0 unspecified atom stereocenters. The number of para-hydroxylation sites is 1. The number of ether oxygens (including phenoxy) is 1. The number of benzene rings is 2. The third kappa shape index (κ3) is 4.67. The van der Waals surface area contributed by atoms with E-state index in [-0.39, 0.29) is 5.91 Å². The summed E-state index contributed by atoms with van der Waals surface area (Å²) < 4.78 is 4.57. The van der Waals surface area contributed by atoms with Crippen molar-refractivity contribution < 1.29 is 14.3 Å². The minimum atomic E-state index is -0.532. The van der Waals surface area contributed by atoms with Gasteiger partial charge in [0.15, 0.2) is 0 Å². The number of carbonyl (C=O) groups excluding carboxylic acids is 2. The second-order valence-corrected chi connectivity index (χ2v) is 6.81. The van der Waals surface area contributed by atoms with Crippen LogP contribution in [0.4, 0.5) is 10.5 Å². The van der Waals surface area contributed by atoms with Gasteiger partial charge in [0.25, 0.3) is 5.91 Å². The number of rotatable bonds is 5. The fraction of sp³-hybridized carbons (Fsp3) is 0.0833. The number of nitrogens with zero attached hydrogens (tertiary/aromatic N) is 2. The summed E-state index contributed by atoms with van der Waals surface area (Å²) in [6.45, 7) is 0.343. The van der Waals surface area contributed by atoms with E-state index >= 15 is 0 Å². The minimum Gasteiger partial charge on any atom is -0.453 e. The Bertz CT molecular complexity index is 1220. The van der Waals surface area contributed by atoms with E-state index in [1.165, 1.54) is 7.11 Å². The first-order valence-electron chi connectivity index (χ1n) is 9.66. The minimum absolute atomic E-state index is 0.194. The Morgan fingerprint density at radius 2 is 1.81 bits per heavy atom. The molecule has 0 aliphatic rings. The summed E-state index contributed by atoms with van der Waals surface area (Å²) in [6.07, 6.45) is 2.89. The van der Waals surface area contributed by atoms with Crippen LogP contribution in [0, 0.1) is 0 Å². The van der Waals surface area contributed by atoms with Gasteiger partial charge in [0.1, 0.15) is 0 Å². The Hall–Kier alpha value is -4.26. The number of methoxy groups -OCH3 is 1. The molecule has 0 fully saturated rings. The molecular formula is C24H20N4O3.